The summed E-state index contributed by atoms with van der Waals surface area (Å²) in [6.45, 7) is 2.25. The van der Waals surface area contributed by atoms with Crippen LogP contribution >= 0.6 is 11.3 Å². The Kier molecular flexibility index (Phi) is 5.71. The first kappa shape index (κ1) is 20.3. The number of rotatable bonds is 7. The number of fused-ring (bicyclic) bond motifs is 2. The SMILES string of the molecule is Cc1c(C(=O)N(C)CC(O)CO)sc2ncnc(NCc3ccc4c(c3)OCO4)c12. The van der Waals surface area contributed by atoms with Crippen LogP contribution in [0.1, 0.15) is 20.8 Å². The van der Waals surface area contributed by atoms with Gasteiger partial charge in [0.1, 0.15) is 17.0 Å². The molecule has 2 aromatic heterocycles. The zero-order valence-electron chi connectivity index (χ0n) is 16.6. The summed E-state index contributed by atoms with van der Waals surface area (Å²) in [4.78, 5) is 24.1. The topological polar surface area (TPSA) is 117 Å². The standard InChI is InChI=1S/C20H22N4O5S/c1-11-16-18(21-6-12-3-4-14-15(5-12)29-10-28-14)22-9-23-19(16)30-17(11)20(27)24(2)7-13(26)8-25/h3-5,9,13,25-26H,6-8,10H2,1-2H3,(H,21,22,23). The summed E-state index contributed by atoms with van der Waals surface area (Å²) in [6.07, 6.45) is 0.487. The van der Waals surface area contributed by atoms with Crippen LogP contribution in [-0.2, 0) is 6.54 Å². The Balaban J connectivity index is 1.57. The average molecular weight is 430 g/mol. The van der Waals surface area contributed by atoms with Crippen molar-refractivity contribution in [2.75, 3.05) is 32.3 Å². The number of aliphatic hydroxyl groups is 2. The van der Waals surface area contributed by atoms with E-state index in [1.807, 2.05) is 25.1 Å². The molecule has 1 aliphatic heterocycles. The second-order valence-corrected chi connectivity index (χ2v) is 8.02. The fraction of sp³-hybridized carbons (Fsp3) is 0.350. The summed E-state index contributed by atoms with van der Waals surface area (Å²) in [5.41, 5.74) is 1.78. The second-order valence-electron chi connectivity index (χ2n) is 7.02. The van der Waals surface area contributed by atoms with Gasteiger partial charge >= 0.3 is 0 Å². The zero-order chi connectivity index (χ0) is 21.3. The molecule has 4 rings (SSSR count). The third kappa shape index (κ3) is 3.89. The Labute approximate surface area is 176 Å². The molecule has 0 fully saturated rings. The monoisotopic (exact) mass is 430 g/mol. The minimum absolute atomic E-state index is 0.0456. The number of carbonyl (C=O) groups is 1. The van der Waals surface area contributed by atoms with Crippen LogP contribution in [0.3, 0.4) is 0 Å². The molecule has 0 bridgehead atoms. The summed E-state index contributed by atoms with van der Waals surface area (Å²) in [6, 6.07) is 5.75. The molecule has 1 aromatic carbocycles. The molecule has 1 aliphatic rings. The van der Waals surface area contributed by atoms with Crippen molar-refractivity contribution in [3.63, 3.8) is 0 Å². The Morgan fingerprint density at radius 3 is 2.93 bits per heavy atom. The fourth-order valence-electron chi connectivity index (χ4n) is 3.28. The van der Waals surface area contributed by atoms with Crippen molar-refractivity contribution < 1.29 is 24.5 Å². The predicted molar refractivity (Wildman–Crippen MR) is 112 cm³/mol. The van der Waals surface area contributed by atoms with Crippen LogP contribution in [0.2, 0.25) is 0 Å². The number of benzene rings is 1. The number of ether oxygens (including phenoxy) is 2. The number of thiophene rings is 1. The number of aliphatic hydroxyl groups excluding tert-OH is 2. The molecule has 1 amide bonds. The lowest BCUT2D eigenvalue weighted by atomic mass is 10.1. The molecule has 1 atom stereocenters. The van der Waals surface area contributed by atoms with Gasteiger partial charge in [0.25, 0.3) is 5.91 Å². The van der Waals surface area contributed by atoms with Gasteiger partial charge in [-0.3, -0.25) is 4.79 Å². The number of hydrogen-bond acceptors (Lipinski definition) is 9. The molecule has 10 heteroatoms. The number of nitrogens with zero attached hydrogens (tertiary/aromatic N) is 3. The molecule has 0 aliphatic carbocycles. The van der Waals surface area contributed by atoms with Crippen molar-refractivity contribution in [2.24, 2.45) is 0 Å². The van der Waals surface area contributed by atoms with Crippen LogP contribution in [0, 0.1) is 6.92 Å². The average Bonchev–Trinajstić information content (AvgIpc) is 3.35. The highest BCUT2D eigenvalue weighted by Gasteiger charge is 2.23. The first-order valence-electron chi connectivity index (χ1n) is 9.38. The summed E-state index contributed by atoms with van der Waals surface area (Å²) < 4.78 is 10.8. The Hall–Kier alpha value is -2.95. The Morgan fingerprint density at radius 2 is 2.13 bits per heavy atom. The largest absolute Gasteiger partial charge is 0.454 e. The summed E-state index contributed by atoms with van der Waals surface area (Å²) in [5, 5.41) is 22.8. The summed E-state index contributed by atoms with van der Waals surface area (Å²) >= 11 is 1.28. The van der Waals surface area contributed by atoms with Crippen LogP contribution < -0.4 is 14.8 Å². The second kappa shape index (κ2) is 8.42. The normalized spacial score (nSPS) is 13.5. The van der Waals surface area contributed by atoms with E-state index < -0.39 is 12.7 Å². The Bertz CT molecular complexity index is 1090. The van der Waals surface area contributed by atoms with Gasteiger partial charge in [-0.1, -0.05) is 6.07 Å². The molecule has 0 spiro atoms. The number of aromatic nitrogens is 2. The minimum Gasteiger partial charge on any atom is -0.454 e. The molecule has 3 N–H and O–H groups in total. The maximum absolute atomic E-state index is 12.8. The molecule has 0 saturated heterocycles. The third-order valence-corrected chi connectivity index (χ3v) is 6.05. The molecule has 1 unspecified atom stereocenters. The van der Waals surface area contributed by atoms with Gasteiger partial charge in [-0.15, -0.1) is 11.3 Å². The highest BCUT2D eigenvalue weighted by molar-refractivity contribution is 7.20. The van der Waals surface area contributed by atoms with Crippen molar-refractivity contribution in [3.8, 4) is 11.5 Å². The van der Waals surface area contributed by atoms with E-state index in [2.05, 4.69) is 15.3 Å². The smallest absolute Gasteiger partial charge is 0.264 e. The number of aryl methyl sites for hydroxylation is 1. The van der Waals surface area contributed by atoms with Gasteiger partial charge in [-0.25, -0.2) is 9.97 Å². The van der Waals surface area contributed by atoms with Crippen molar-refractivity contribution in [1.29, 1.82) is 0 Å². The maximum atomic E-state index is 12.8. The third-order valence-electron chi connectivity index (χ3n) is 4.86. The van der Waals surface area contributed by atoms with Crippen molar-refractivity contribution in [2.45, 2.75) is 19.6 Å². The highest BCUT2D eigenvalue weighted by Crippen LogP contribution is 2.35. The van der Waals surface area contributed by atoms with Crippen molar-refractivity contribution in [1.82, 2.24) is 14.9 Å². The minimum atomic E-state index is -0.979. The van der Waals surface area contributed by atoms with E-state index in [0.29, 0.717) is 22.1 Å². The van der Waals surface area contributed by atoms with Crippen LogP contribution in [0.25, 0.3) is 10.2 Å². The van der Waals surface area contributed by atoms with Crippen LogP contribution in [0.15, 0.2) is 24.5 Å². The van der Waals surface area contributed by atoms with E-state index in [4.69, 9.17) is 14.6 Å². The fourth-order valence-corrected chi connectivity index (χ4v) is 4.42. The van der Waals surface area contributed by atoms with Gasteiger partial charge in [-0.2, -0.15) is 0 Å². The van der Waals surface area contributed by atoms with E-state index in [-0.39, 0.29) is 19.2 Å². The number of amides is 1. The number of nitrogens with one attached hydrogen (secondary N) is 1. The molecule has 0 saturated carbocycles. The van der Waals surface area contributed by atoms with E-state index in [0.717, 1.165) is 28.0 Å². The maximum Gasteiger partial charge on any atom is 0.264 e. The van der Waals surface area contributed by atoms with E-state index in [1.165, 1.54) is 22.6 Å². The molecule has 9 nitrogen and oxygen atoms in total. The first-order valence-corrected chi connectivity index (χ1v) is 10.2. The lowest BCUT2D eigenvalue weighted by Gasteiger charge is -2.19. The van der Waals surface area contributed by atoms with Gasteiger partial charge < -0.3 is 29.9 Å². The van der Waals surface area contributed by atoms with E-state index >= 15 is 0 Å². The summed E-state index contributed by atoms with van der Waals surface area (Å²) in [5.74, 6) is 1.86. The van der Waals surface area contributed by atoms with Crippen LogP contribution in [0.4, 0.5) is 5.82 Å². The zero-order valence-corrected chi connectivity index (χ0v) is 17.4. The molecule has 30 heavy (non-hydrogen) atoms. The van der Waals surface area contributed by atoms with E-state index in [1.54, 1.807) is 7.05 Å². The first-order chi connectivity index (χ1) is 14.5. The van der Waals surface area contributed by atoms with Gasteiger partial charge in [0, 0.05) is 20.1 Å². The van der Waals surface area contributed by atoms with Crippen molar-refractivity contribution in [3.05, 3.63) is 40.5 Å². The van der Waals surface area contributed by atoms with Crippen LogP contribution in [-0.4, -0.2) is 64.1 Å². The predicted octanol–water partition coefficient (Wildman–Crippen LogP) is 1.77. The lowest BCUT2D eigenvalue weighted by molar-refractivity contribution is 0.0523. The van der Waals surface area contributed by atoms with Gasteiger partial charge in [0.15, 0.2) is 11.5 Å². The number of carbonyl (C=O) groups excluding carboxylic acids is 1. The quantitative estimate of drug-likeness (QED) is 0.519. The van der Waals surface area contributed by atoms with Gasteiger partial charge in [-0.05, 0) is 30.2 Å². The molecule has 3 heterocycles. The molecule has 3 aromatic rings. The lowest BCUT2D eigenvalue weighted by Crippen LogP contribution is -2.35. The molecular weight excluding hydrogens is 408 g/mol. The van der Waals surface area contributed by atoms with E-state index in [9.17, 15) is 9.90 Å². The summed E-state index contributed by atoms with van der Waals surface area (Å²) in [7, 11) is 1.59. The highest BCUT2D eigenvalue weighted by atomic mass is 32.1. The number of anilines is 1. The van der Waals surface area contributed by atoms with Gasteiger partial charge in [0.05, 0.1) is 23.0 Å². The number of hydrogen-bond donors (Lipinski definition) is 3. The van der Waals surface area contributed by atoms with Crippen molar-refractivity contribution >= 4 is 33.3 Å². The van der Waals surface area contributed by atoms with Crippen LogP contribution in [0.5, 0.6) is 11.5 Å². The number of likely N-dealkylation sites (N-methyl/N-ethyl adjacent to an activating group) is 1. The molecule has 158 valence electrons. The Morgan fingerprint density at radius 1 is 1.33 bits per heavy atom. The van der Waals surface area contributed by atoms with Gasteiger partial charge in [0.2, 0.25) is 6.79 Å². The molecule has 0 radical (unpaired) electrons. The molecular formula is C20H22N4O5S.